The molecule has 0 radical (unpaired) electrons. The maximum absolute atomic E-state index is 13.3. The van der Waals surface area contributed by atoms with Gasteiger partial charge in [-0.15, -0.1) is 0 Å². The van der Waals surface area contributed by atoms with E-state index >= 15 is 0 Å². The molecule has 1 nitrogen and oxygen atoms in total. The Morgan fingerprint density at radius 3 is 2.57 bits per heavy atom. The Labute approximate surface area is 82.1 Å². The summed E-state index contributed by atoms with van der Waals surface area (Å²) in [5.74, 6) is -0.659. The average Bonchev–Trinajstić information content (AvgIpc) is 2.06. The van der Waals surface area contributed by atoms with Crippen molar-refractivity contribution in [3.05, 3.63) is 35.4 Å². The largest absolute Gasteiger partial charge is 0.317 e. The zero-order chi connectivity index (χ0) is 10.1. The maximum atomic E-state index is 13.3. The van der Waals surface area contributed by atoms with Gasteiger partial charge in [-0.25, -0.2) is 8.78 Å². The summed E-state index contributed by atoms with van der Waals surface area (Å²) in [7, 11) is 1.90. The third kappa shape index (κ3) is 1.64. The van der Waals surface area contributed by atoms with Crippen LogP contribution in [0.4, 0.5) is 8.78 Å². The van der Waals surface area contributed by atoms with Crippen molar-refractivity contribution in [2.75, 3.05) is 7.05 Å². The summed E-state index contributed by atoms with van der Waals surface area (Å²) in [6, 6.07) is 4.33. The molecule has 0 heterocycles. The lowest BCUT2D eigenvalue weighted by Crippen LogP contribution is -2.37. The van der Waals surface area contributed by atoms with Gasteiger partial charge in [-0.05, 0) is 37.4 Å². The molecule has 0 spiro atoms. The molecule has 1 N–H and O–H groups in total. The van der Waals surface area contributed by atoms with E-state index in [4.69, 9.17) is 0 Å². The minimum absolute atomic E-state index is 0.257. The molecule has 0 aromatic heterocycles. The Bertz CT molecular complexity index is 332. The fraction of sp³-hybridized carbons (Fsp3) is 0.455. The normalized spacial score (nSPS) is 25.9. The number of halogens is 2. The van der Waals surface area contributed by atoms with Crippen molar-refractivity contribution >= 4 is 0 Å². The summed E-state index contributed by atoms with van der Waals surface area (Å²) in [5, 5.41) is 3.14. The van der Waals surface area contributed by atoms with Crippen LogP contribution in [-0.2, 0) is 0 Å². The monoisotopic (exact) mass is 197 g/mol. The number of benzene rings is 1. The van der Waals surface area contributed by atoms with Crippen LogP contribution in [0.3, 0.4) is 0 Å². The minimum atomic E-state index is -0.504. The molecule has 14 heavy (non-hydrogen) atoms. The second kappa shape index (κ2) is 3.65. The predicted octanol–water partition coefficient (Wildman–Crippen LogP) is 2.43. The number of nitrogens with one attached hydrogen (secondary N) is 1. The van der Waals surface area contributed by atoms with Crippen LogP contribution in [0.2, 0.25) is 0 Å². The van der Waals surface area contributed by atoms with E-state index in [-0.39, 0.29) is 5.92 Å². The lowest BCUT2D eigenvalue weighted by Gasteiger charge is -2.35. The summed E-state index contributed by atoms with van der Waals surface area (Å²) in [5.41, 5.74) is 0.651. The van der Waals surface area contributed by atoms with Gasteiger partial charge in [0.25, 0.3) is 0 Å². The zero-order valence-corrected chi connectivity index (χ0v) is 8.06. The SMILES string of the molecule is CNC1CC(c2ccc(F)cc2F)C1. The first kappa shape index (κ1) is 9.59. The standard InChI is InChI=1S/C11H13F2N/c1-14-9-4-7(5-9)10-3-2-8(12)6-11(10)13/h2-3,6-7,9,14H,4-5H2,1H3. The molecule has 0 atom stereocenters. The smallest absolute Gasteiger partial charge is 0.129 e. The van der Waals surface area contributed by atoms with E-state index in [1.54, 1.807) is 6.07 Å². The van der Waals surface area contributed by atoms with Gasteiger partial charge >= 0.3 is 0 Å². The van der Waals surface area contributed by atoms with Crippen LogP contribution in [0.5, 0.6) is 0 Å². The van der Waals surface area contributed by atoms with E-state index < -0.39 is 11.6 Å². The van der Waals surface area contributed by atoms with E-state index in [9.17, 15) is 8.78 Å². The third-order valence-corrected chi connectivity index (χ3v) is 2.95. The molecule has 0 unspecified atom stereocenters. The van der Waals surface area contributed by atoms with Crippen LogP contribution in [0, 0.1) is 11.6 Å². The second-order valence-corrected chi connectivity index (χ2v) is 3.82. The third-order valence-electron chi connectivity index (χ3n) is 2.95. The first-order valence-corrected chi connectivity index (χ1v) is 4.83. The van der Waals surface area contributed by atoms with Gasteiger partial charge in [0.1, 0.15) is 11.6 Å². The summed E-state index contributed by atoms with van der Waals surface area (Å²) in [4.78, 5) is 0. The molecule has 3 heteroatoms. The highest BCUT2D eigenvalue weighted by atomic mass is 19.1. The lowest BCUT2D eigenvalue weighted by atomic mass is 9.76. The van der Waals surface area contributed by atoms with E-state index in [0.29, 0.717) is 11.6 Å². The molecule has 1 aromatic rings. The number of hydrogen-bond donors (Lipinski definition) is 1. The van der Waals surface area contributed by atoms with Crippen LogP contribution in [0.25, 0.3) is 0 Å². The summed E-state index contributed by atoms with van der Waals surface area (Å²) >= 11 is 0. The van der Waals surface area contributed by atoms with Crippen molar-refractivity contribution in [2.45, 2.75) is 24.8 Å². The molecule has 76 valence electrons. The highest BCUT2D eigenvalue weighted by Crippen LogP contribution is 2.37. The van der Waals surface area contributed by atoms with Gasteiger partial charge in [0.15, 0.2) is 0 Å². The molecular formula is C11H13F2N. The summed E-state index contributed by atoms with van der Waals surface area (Å²) in [6.07, 6.45) is 1.89. The van der Waals surface area contributed by atoms with E-state index in [0.717, 1.165) is 18.9 Å². The quantitative estimate of drug-likeness (QED) is 0.767. The molecule has 0 saturated heterocycles. The minimum Gasteiger partial charge on any atom is -0.317 e. The number of hydrogen-bond acceptors (Lipinski definition) is 1. The zero-order valence-electron chi connectivity index (χ0n) is 8.06. The first-order valence-electron chi connectivity index (χ1n) is 4.83. The van der Waals surface area contributed by atoms with E-state index in [1.165, 1.54) is 6.07 Å². The molecule has 1 fully saturated rings. The molecule has 0 amide bonds. The fourth-order valence-corrected chi connectivity index (χ4v) is 1.94. The Balaban J connectivity index is 2.11. The Kier molecular flexibility index (Phi) is 2.50. The predicted molar refractivity (Wildman–Crippen MR) is 51.2 cm³/mol. The molecule has 2 rings (SSSR count). The van der Waals surface area contributed by atoms with E-state index in [2.05, 4.69) is 5.32 Å². The van der Waals surface area contributed by atoms with Crippen molar-refractivity contribution in [2.24, 2.45) is 0 Å². The first-order chi connectivity index (χ1) is 6.70. The van der Waals surface area contributed by atoms with Crippen LogP contribution in [0.1, 0.15) is 24.3 Å². The van der Waals surface area contributed by atoms with Crippen molar-refractivity contribution in [1.82, 2.24) is 5.32 Å². The van der Waals surface area contributed by atoms with Gasteiger partial charge in [0.05, 0.1) is 0 Å². The van der Waals surface area contributed by atoms with Gasteiger partial charge in [0.2, 0.25) is 0 Å². The molecule has 1 saturated carbocycles. The summed E-state index contributed by atoms with van der Waals surface area (Å²) < 4.78 is 25.9. The van der Waals surface area contributed by atoms with Crippen LogP contribution in [0.15, 0.2) is 18.2 Å². The topological polar surface area (TPSA) is 12.0 Å². The Hall–Kier alpha value is -0.960. The number of rotatable bonds is 2. The van der Waals surface area contributed by atoms with Gasteiger partial charge in [-0.3, -0.25) is 0 Å². The van der Waals surface area contributed by atoms with Crippen molar-refractivity contribution in [3.8, 4) is 0 Å². The van der Waals surface area contributed by atoms with Crippen molar-refractivity contribution in [1.29, 1.82) is 0 Å². The molecule has 1 aliphatic rings. The van der Waals surface area contributed by atoms with Crippen LogP contribution in [-0.4, -0.2) is 13.1 Å². The van der Waals surface area contributed by atoms with Gasteiger partial charge < -0.3 is 5.32 Å². The van der Waals surface area contributed by atoms with Gasteiger partial charge in [-0.2, -0.15) is 0 Å². The molecule has 1 aromatic carbocycles. The molecular weight excluding hydrogens is 184 g/mol. The van der Waals surface area contributed by atoms with Crippen molar-refractivity contribution < 1.29 is 8.78 Å². The highest BCUT2D eigenvalue weighted by Gasteiger charge is 2.30. The Morgan fingerprint density at radius 1 is 1.29 bits per heavy atom. The van der Waals surface area contributed by atoms with Gasteiger partial charge in [0, 0.05) is 12.1 Å². The fourth-order valence-electron chi connectivity index (χ4n) is 1.94. The van der Waals surface area contributed by atoms with Crippen LogP contribution >= 0.6 is 0 Å². The lowest BCUT2D eigenvalue weighted by molar-refractivity contribution is 0.300. The van der Waals surface area contributed by atoms with Gasteiger partial charge in [-0.1, -0.05) is 6.07 Å². The highest BCUT2D eigenvalue weighted by molar-refractivity contribution is 5.25. The maximum Gasteiger partial charge on any atom is 0.129 e. The van der Waals surface area contributed by atoms with Crippen LogP contribution < -0.4 is 5.32 Å². The second-order valence-electron chi connectivity index (χ2n) is 3.82. The summed E-state index contributed by atoms with van der Waals surface area (Å²) in [6.45, 7) is 0. The molecule has 0 aliphatic heterocycles. The average molecular weight is 197 g/mol. The molecule has 1 aliphatic carbocycles. The van der Waals surface area contributed by atoms with Crippen molar-refractivity contribution in [3.63, 3.8) is 0 Å². The molecule has 0 bridgehead atoms. The Morgan fingerprint density at radius 2 is 2.00 bits per heavy atom. The van der Waals surface area contributed by atoms with E-state index in [1.807, 2.05) is 7.05 Å².